The van der Waals surface area contributed by atoms with Gasteiger partial charge in [-0.1, -0.05) is 48.5 Å². The standard InChI is InChI=1S/C20H13F3N2O5/c21-20(22,23)16-15(17(26)27)30-18(24-16)25-19(28)29-9-14-12-7-3-1-5-10(12)11-6-2-4-8-13(11)14/h1-8,14H,9H2,(H,26,27)(H,24,25,28). The largest absolute Gasteiger partial charge is 0.475 e. The number of ether oxygens (including phenoxy) is 1. The van der Waals surface area contributed by atoms with Crippen LogP contribution < -0.4 is 5.32 Å². The fourth-order valence-electron chi connectivity index (χ4n) is 3.43. The summed E-state index contributed by atoms with van der Waals surface area (Å²) < 4.78 is 48.3. The van der Waals surface area contributed by atoms with Crippen molar-refractivity contribution < 1.29 is 37.0 Å². The first-order valence-electron chi connectivity index (χ1n) is 8.69. The molecule has 0 aliphatic heterocycles. The van der Waals surface area contributed by atoms with Gasteiger partial charge in [-0.05, 0) is 22.3 Å². The molecule has 0 saturated carbocycles. The van der Waals surface area contributed by atoms with Gasteiger partial charge in [-0.15, -0.1) is 0 Å². The zero-order valence-electron chi connectivity index (χ0n) is 15.1. The number of oxazole rings is 1. The molecule has 0 unspecified atom stereocenters. The molecule has 1 aromatic heterocycles. The second-order valence-electron chi connectivity index (χ2n) is 6.45. The van der Waals surface area contributed by atoms with Crippen LogP contribution in [0.1, 0.15) is 33.3 Å². The zero-order valence-corrected chi connectivity index (χ0v) is 15.1. The Morgan fingerprint density at radius 1 is 1.07 bits per heavy atom. The van der Waals surface area contributed by atoms with Crippen LogP contribution in [-0.4, -0.2) is 28.8 Å². The van der Waals surface area contributed by atoms with Gasteiger partial charge in [0.05, 0.1) is 0 Å². The van der Waals surface area contributed by atoms with Gasteiger partial charge in [-0.2, -0.15) is 18.2 Å². The Morgan fingerprint density at radius 2 is 1.63 bits per heavy atom. The average molecular weight is 418 g/mol. The number of fused-ring (bicyclic) bond motifs is 3. The van der Waals surface area contributed by atoms with Gasteiger partial charge in [-0.25, -0.2) is 14.9 Å². The first-order chi connectivity index (χ1) is 14.3. The van der Waals surface area contributed by atoms with Crippen molar-refractivity contribution in [3.63, 3.8) is 0 Å². The first-order valence-corrected chi connectivity index (χ1v) is 8.69. The minimum Gasteiger partial charge on any atom is -0.475 e. The van der Waals surface area contributed by atoms with Crippen LogP contribution in [0.4, 0.5) is 24.0 Å². The van der Waals surface area contributed by atoms with Crippen molar-refractivity contribution >= 4 is 18.1 Å². The number of alkyl halides is 3. The highest BCUT2D eigenvalue weighted by Gasteiger charge is 2.41. The van der Waals surface area contributed by atoms with Gasteiger partial charge in [0.25, 0.3) is 0 Å². The molecule has 2 N–H and O–H groups in total. The van der Waals surface area contributed by atoms with Crippen molar-refractivity contribution in [3.8, 4) is 11.1 Å². The molecule has 0 radical (unpaired) electrons. The summed E-state index contributed by atoms with van der Waals surface area (Å²) in [5.41, 5.74) is 2.18. The van der Waals surface area contributed by atoms with E-state index in [1.165, 1.54) is 0 Å². The minimum atomic E-state index is -5.06. The van der Waals surface area contributed by atoms with Crippen LogP contribution in [0.15, 0.2) is 52.9 Å². The maximum atomic E-state index is 12.9. The van der Waals surface area contributed by atoms with E-state index in [0.717, 1.165) is 22.3 Å². The third-order valence-corrected chi connectivity index (χ3v) is 4.64. The molecule has 4 rings (SSSR count). The summed E-state index contributed by atoms with van der Waals surface area (Å²) >= 11 is 0. The highest BCUT2D eigenvalue weighted by atomic mass is 19.4. The van der Waals surface area contributed by atoms with Crippen LogP contribution >= 0.6 is 0 Å². The van der Waals surface area contributed by atoms with E-state index in [1.807, 2.05) is 53.8 Å². The predicted octanol–water partition coefficient (Wildman–Crippen LogP) is 4.75. The van der Waals surface area contributed by atoms with E-state index in [0.29, 0.717) is 0 Å². The summed E-state index contributed by atoms with van der Waals surface area (Å²) in [6.45, 7) is -0.0848. The Bertz CT molecular complexity index is 1090. The summed E-state index contributed by atoms with van der Waals surface area (Å²) in [5, 5.41) is 10.7. The summed E-state index contributed by atoms with van der Waals surface area (Å²) in [6.07, 6.45) is -6.18. The number of aromatic nitrogens is 1. The van der Waals surface area contributed by atoms with Gasteiger partial charge in [-0.3, -0.25) is 0 Å². The molecule has 3 aromatic rings. The molecule has 0 saturated heterocycles. The van der Waals surface area contributed by atoms with Crippen molar-refractivity contribution in [1.29, 1.82) is 0 Å². The van der Waals surface area contributed by atoms with Crippen LogP contribution in [0.2, 0.25) is 0 Å². The number of nitrogens with zero attached hydrogens (tertiary/aromatic N) is 1. The highest BCUT2D eigenvalue weighted by Crippen LogP contribution is 2.44. The molecule has 7 nitrogen and oxygen atoms in total. The van der Waals surface area contributed by atoms with Crippen molar-refractivity contribution in [2.75, 3.05) is 11.9 Å². The molecule has 1 aliphatic carbocycles. The number of hydrogen-bond donors (Lipinski definition) is 2. The van der Waals surface area contributed by atoms with Crippen LogP contribution in [0, 0.1) is 0 Å². The molecule has 30 heavy (non-hydrogen) atoms. The summed E-state index contributed by atoms with van der Waals surface area (Å²) in [7, 11) is 0. The summed E-state index contributed by atoms with van der Waals surface area (Å²) in [5.74, 6) is -3.64. The van der Waals surface area contributed by atoms with E-state index in [9.17, 15) is 22.8 Å². The molecule has 1 heterocycles. The Kier molecular flexibility index (Phi) is 4.69. The van der Waals surface area contributed by atoms with Crippen molar-refractivity contribution in [2.45, 2.75) is 12.1 Å². The lowest BCUT2D eigenvalue weighted by Crippen LogP contribution is -2.18. The maximum absolute atomic E-state index is 12.9. The number of carboxylic acid groups (broad SMARTS) is 1. The maximum Gasteiger partial charge on any atom is 0.437 e. The van der Waals surface area contributed by atoms with Gasteiger partial charge < -0.3 is 14.3 Å². The molecule has 1 aliphatic rings. The molecule has 154 valence electrons. The third kappa shape index (κ3) is 3.47. The van der Waals surface area contributed by atoms with E-state index in [-0.39, 0.29) is 12.5 Å². The fourth-order valence-corrected chi connectivity index (χ4v) is 3.43. The van der Waals surface area contributed by atoms with E-state index in [4.69, 9.17) is 9.84 Å². The van der Waals surface area contributed by atoms with E-state index < -0.39 is 35.7 Å². The number of carboxylic acids is 1. The number of carbonyl (C=O) groups excluding carboxylic acids is 1. The van der Waals surface area contributed by atoms with E-state index in [2.05, 4.69) is 9.40 Å². The summed E-state index contributed by atoms with van der Waals surface area (Å²) in [4.78, 5) is 26.0. The number of nitrogens with one attached hydrogen (secondary N) is 1. The second kappa shape index (κ2) is 7.21. The predicted molar refractivity (Wildman–Crippen MR) is 97.2 cm³/mol. The van der Waals surface area contributed by atoms with Crippen LogP contribution in [0.3, 0.4) is 0 Å². The number of anilines is 1. The number of aromatic carboxylic acids is 1. The van der Waals surface area contributed by atoms with Gasteiger partial charge in [0.1, 0.15) is 6.61 Å². The Balaban J connectivity index is 1.49. The lowest BCUT2D eigenvalue weighted by atomic mass is 9.98. The van der Waals surface area contributed by atoms with Crippen LogP contribution in [0.5, 0.6) is 0 Å². The Hall–Kier alpha value is -3.82. The van der Waals surface area contributed by atoms with E-state index >= 15 is 0 Å². The van der Waals surface area contributed by atoms with Crippen LogP contribution in [-0.2, 0) is 10.9 Å². The van der Waals surface area contributed by atoms with Gasteiger partial charge in [0.15, 0.2) is 5.69 Å². The normalized spacial score (nSPS) is 12.9. The quantitative estimate of drug-likeness (QED) is 0.634. The first kappa shape index (κ1) is 19.5. The molecular weight excluding hydrogens is 405 g/mol. The molecule has 2 aromatic carbocycles. The summed E-state index contributed by atoms with van der Waals surface area (Å²) in [6, 6.07) is 14.3. The molecule has 0 spiro atoms. The van der Waals surface area contributed by atoms with Crippen LogP contribution in [0.25, 0.3) is 11.1 Å². The molecule has 10 heteroatoms. The topological polar surface area (TPSA) is 102 Å². The third-order valence-electron chi connectivity index (χ3n) is 4.64. The lowest BCUT2D eigenvalue weighted by molar-refractivity contribution is -0.141. The smallest absolute Gasteiger partial charge is 0.437 e. The molecular formula is C20H13F3N2O5. The molecule has 0 atom stereocenters. The van der Waals surface area contributed by atoms with Crippen molar-refractivity contribution in [3.05, 3.63) is 71.1 Å². The van der Waals surface area contributed by atoms with Crippen molar-refractivity contribution in [1.82, 2.24) is 4.98 Å². The Morgan fingerprint density at radius 3 is 2.13 bits per heavy atom. The van der Waals surface area contributed by atoms with Gasteiger partial charge >= 0.3 is 24.3 Å². The molecule has 0 bridgehead atoms. The zero-order chi connectivity index (χ0) is 21.5. The van der Waals surface area contributed by atoms with Crippen molar-refractivity contribution in [2.24, 2.45) is 0 Å². The minimum absolute atomic E-state index is 0.0848. The number of rotatable bonds is 4. The monoisotopic (exact) mass is 418 g/mol. The second-order valence-corrected chi connectivity index (χ2v) is 6.45. The molecule has 1 amide bonds. The number of benzene rings is 2. The number of amides is 1. The number of halogens is 3. The SMILES string of the molecule is O=C(Nc1nc(C(F)(F)F)c(C(=O)O)o1)OCC1c2ccccc2-c2ccccc21. The number of carbonyl (C=O) groups is 2. The van der Waals surface area contributed by atoms with E-state index in [1.54, 1.807) is 0 Å². The molecule has 0 fully saturated rings. The highest BCUT2D eigenvalue weighted by molar-refractivity contribution is 5.87. The lowest BCUT2D eigenvalue weighted by Gasteiger charge is -2.13. The van der Waals surface area contributed by atoms with Gasteiger partial charge in [0, 0.05) is 5.92 Å². The van der Waals surface area contributed by atoms with Gasteiger partial charge in [0.2, 0.25) is 5.76 Å². The average Bonchev–Trinajstić information content (AvgIpc) is 3.26. The Labute approximate surface area is 167 Å². The fraction of sp³-hybridized carbons (Fsp3) is 0.150. The number of hydrogen-bond acceptors (Lipinski definition) is 5.